The molecular formula is C23H19BrN4O2. The van der Waals surface area contributed by atoms with Gasteiger partial charge < -0.3 is 9.88 Å². The number of halogens is 1. The van der Waals surface area contributed by atoms with E-state index in [2.05, 4.69) is 36.0 Å². The molecular weight excluding hydrogens is 444 g/mol. The maximum Gasteiger partial charge on any atom is 0.264 e. The minimum atomic E-state index is -0.260. The van der Waals surface area contributed by atoms with Crippen LogP contribution in [0.5, 0.6) is 0 Å². The van der Waals surface area contributed by atoms with Gasteiger partial charge in [-0.15, -0.1) is 0 Å². The van der Waals surface area contributed by atoms with Gasteiger partial charge in [-0.05, 0) is 62.4 Å². The average Bonchev–Trinajstić information content (AvgIpc) is 3.04. The molecule has 7 heteroatoms. The molecule has 0 unspecified atom stereocenters. The normalized spacial score (nSPS) is 10.8. The number of hydrogen-bond acceptors (Lipinski definition) is 3. The Morgan fingerprint density at radius 2 is 1.80 bits per heavy atom. The van der Waals surface area contributed by atoms with Gasteiger partial charge in [0.25, 0.3) is 11.5 Å². The Hall–Kier alpha value is -3.45. The van der Waals surface area contributed by atoms with E-state index in [-0.39, 0.29) is 11.5 Å². The van der Waals surface area contributed by atoms with Crippen LogP contribution in [0.1, 0.15) is 21.7 Å². The summed E-state index contributed by atoms with van der Waals surface area (Å²) in [5.41, 5.74) is 5.27. The highest BCUT2D eigenvalue weighted by atomic mass is 79.9. The first-order valence-electron chi connectivity index (χ1n) is 9.35. The van der Waals surface area contributed by atoms with Crippen molar-refractivity contribution in [3.8, 4) is 16.9 Å². The molecule has 0 fully saturated rings. The lowest BCUT2D eigenvalue weighted by Gasteiger charge is -2.11. The third kappa shape index (κ3) is 3.97. The van der Waals surface area contributed by atoms with Gasteiger partial charge in [0, 0.05) is 38.9 Å². The number of anilines is 1. The summed E-state index contributed by atoms with van der Waals surface area (Å²) in [5, 5.41) is 9.42. The molecule has 4 rings (SSSR count). The minimum Gasteiger partial charge on any atom is -0.322 e. The molecule has 2 aromatic heterocycles. The molecule has 2 heterocycles. The molecule has 1 amide bonds. The highest BCUT2D eigenvalue weighted by Gasteiger charge is 2.17. The van der Waals surface area contributed by atoms with Gasteiger partial charge in [-0.25, -0.2) is 5.10 Å². The summed E-state index contributed by atoms with van der Waals surface area (Å²) in [6.45, 7) is 3.92. The van der Waals surface area contributed by atoms with Gasteiger partial charge >= 0.3 is 0 Å². The fourth-order valence-corrected chi connectivity index (χ4v) is 3.70. The largest absolute Gasteiger partial charge is 0.322 e. The molecule has 0 saturated heterocycles. The molecule has 0 aliphatic carbocycles. The minimum absolute atomic E-state index is 0.182. The lowest BCUT2D eigenvalue weighted by Crippen LogP contribution is -2.13. The van der Waals surface area contributed by atoms with Gasteiger partial charge in [-0.1, -0.05) is 28.1 Å². The molecule has 0 aliphatic rings. The van der Waals surface area contributed by atoms with Crippen LogP contribution in [0.25, 0.3) is 16.9 Å². The number of nitrogens with zero attached hydrogens (tertiary/aromatic N) is 2. The Bertz CT molecular complexity index is 1270. The van der Waals surface area contributed by atoms with Crippen molar-refractivity contribution >= 4 is 27.5 Å². The van der Waals surface area contributed by atoms with Gasteiger partial charge in [0.2, 0.25) is 0 Å². The molecule has 0 bridgehead atoms. The smallest absolute Gasteiger partial charge is 0.264 e. The van der Waals surface area contributed by atoms with Crippen LogP contribution in [0, 0.1) is 13.8 Å². The zero-order valence-corrected chi connectivity index (χ0v) is 18.0. The van der Waals surface area contributed by atoms with Crippen LogP contribution in [0.2, 0.25) is 0 Å². The predicted octanol–water partition coefficient (Wildman–Crippen LogP) is 4.86. The van der Waals surface area contributed by atoms with E-state index in [1.165, 1.54) is 6.07 Å². The number of aromatic nitrogens is 3. The molecule has 0 atom stereocenters. The fourth-order valence-electron chi connectivity index (χ4n) is 3.44. The maximum atomic E-state index is 13.0. The van der Waals surface area contributed by atoms with E-state index >= 15 is 0 Å². The topological polar surface area (TPSA) is 79.8 Å². The van der Waals surface area contributed by atoms with Crippen LogP contribution in [-0.2, 0) is 0 Å². The van der Waals surface area contributed by atoms with Crippen molar-refractivity contribution in [2.75, 3.05) is 5.32 Å². The molecule has 0 spiro atoms. The van der Waals surface area contributed by atoms with Gasteiger partial charge in [-0.2, -0.15) is 5.10 Å². The van der Waals surface area contributed by atoms with E-state index < -0.39 is 0 Å². The lowest BCUT2D eigenvalue weighted by atomic mass is 10.1. The highest BCUT2D eigenvalue weighted by Crippen LogP contribution is 2.24. The summed E-state index contributed by atoms with van der Waals surface area (Å²) in [4.78, 5) is 24.2. The molecule has 2 aromatic carbocycles. The molecule has 2 N–H and O–H groups in total. The second kappa shape index (κ2) is 8.12. The number of rotatable bonds is 4. The van der Waals surface area contributed by atoms with Crippen LogP contribution in [-0.4, -0.2) is 20.7 Å². The monoisotopic (exact) mass is 462 g/mol. The zero-order chi connectivity index (χ0) is 21.3. The molecule has 0 aliphatic heterocycles. The van der Waals surface area contributed by atoms with Gasteiger partial charge in [0.15, 0.2) is 0 Å². The third-order valence-electron chi connectivity index (χ3n) is 4.86. The summed E-state index contributed by atoms with van der Waals surface area (Å²) >= 11 is 3.45. The molecule has 4 aromatic rings. The number of aryl methyl sites for hydroxylation is 1. The molecule has 6 nitrogen and oxygen atoms in total. The summed E-state index contributed by atoms with van der Waals surface area (Å²) in [5.74, 6) is -0.182. The van der Waals surface area contributed by atoms with Crippen molar-refractivity contribution in [1.82, 2.24) is 14.8 Å². The Morgan fingerprint density at radius 1 is 1.03 bits per heavy atom. The van der Waals surface area contributed by atoms with Crippen LogP contribution >= 0.6 is 15.9 Å². The standard InChI is InChI=1S/C23H19BrN4O2/c1-14-12-20(15(2)28(14)19-8-6-17(24)7-9-19)23(30)25-18-5-3-4-16(13-18)21-10-11-22(29)27-26-21/h3-13H,1-2H3,(H,25,30)(H,27,29). The first kappa shape index (κ1) is 19.8. The lowest BCUT2D eigenvalue weighted by molar-refractivity contribution is 0.102. The number of aromatic amines is 1. The summed E-state index contributed by atoms with van der Waals surface area (Å²) in [7, 11) is 0. The van der Waals surface area contributed by atoms with Crippen LogP contribution in [0.4, 0.5) is 5.69 Å². The summed E-state index contributed by atoms with van der Waals surface area (Å²) < 4.78 is 3.06. The Kier molecular flexibility index (Phi) is 5.37. The summed E-state index contributed by atoms with van der Waals surface area (Å²) in [6.07, 6.45) is 0. The first-order chi connectivity index (χ1) is 14.4. The van der Waals surface area contributed by atoms with Crippen LogP contribution in [0.3, 0.4) is 0 Å². The number of H-pyrrole nitrogens is 1. The van der Waals surface area contributed by atoms with E-state index in [1.807, 2.05) is 68.4 Å². The third-order valence-corrected chi connectivity index (χ3v) is 5.38. The molecule has 0 radical (unpaired) electrons. The van der Waals surface area contributed by atoms with E-state index in [1.54, 1.807) is 6.07 Å². The number of carbonyl (C=O) groups is 1. The van der Waals surface area contributed by atoms with E-state index in [4.69, 9.17) is 0 Å². The van der Waals surface area contributed by atoms with Gasteiger partial charge in [0.05, 0.1) is 11.3 Å². The second-order valence-corrected chi connectivity index (χ2v) is 7.85. The summed E-state index contributed by atoms with van der Waals surface area (Å²) in [6, 6.07) is 20.3. The number of benzene rings is 2. The Labute approximate surface area is 181 Å². The number of amides is 1. The van der Waals surface area contributed by atoms with Crippen molar-refractivity contribution in [3.63, 3.8) is 0 Å². The average molecular weight is 463 g/mol. The first-order valence-corrected chi connectivity index (χ1v) is 10.1. The van der Waals surface area contributed by atoms with Crippen molar-refractivity contribution < 1.29 is 4.79 Å². The molecule has 150 valence electrons. The van der Waals surface area contributed by atoms with Crippen LogP contribution in [0.15, 0.2) is 76.0 Å². The fraction of sp³-hybridized carbons (Fsp3) is 0.0870. The van der Waals surface area contributed by atoms with Crippen molar-refractivity contribution in [2.24, 2.45) is 0 Å². The maximum absolute atomic E-state index is 13.0. The van der Waals surface area contributed by atoms with E-state index in [9.17, 15) is 9.59 Å². The van der Waals surface area contributed by atoms with Gasteiger partial charge in [0.1, 0.15) is 0 Å². The van der Waals surface area contributed by atoms with Gasteiger partial charge in [-0.3, -0.25) is 9.59 Å². The number of carbonyl (C=O) groups excluding carboxylic acids is 1. The van der Waals surface area contributed by atoms with E-state index in [0.29, 0.717) is 16.9 Å². The Balaban J connectivity index is 1.61. The zero-order valence-electron chi connectivity index (χ0n) is 16.4. The Morgan fingerprint density at radius 3 is 2.50 bits per heavy atom. The molecule has 30 heavy (non-hydrogen) atoms. The second-order valence-electron chi connectivity index (χ2n) is 6.94. The molecule has 0 saturated carbocycles. The van der Waals surface area contributed by atoms with Crippen molar-refractivity contribution in [1.29, 1.82) is 0 Å². The SMILES string of the molecule is Cc1cc(C(=O)Nc2cccc(-c3ccc(=O)[nH]n3)c2)c(C)n1-c1ccc(Br)cc1. The van der Waals surface area contributed by atoms with E-state index in [0.717, 1.165) is 27.1 Å². The number of hydrogen-bond donors (Lipinski definition) is 2. The van der Waals surface area contributed by atoms with Crippen molar-refractivity contribution in [2.45, 2.75) is 13.8 Å². The predicted molar refractivity (Wildman–Crippen MR) is 121 cm³/mol. The quantitative estimate of drug-likeness (QED) is 0.454. The van der Waals surface area contributed by atoms with Crippen molar-refractivity contribution in [3.05, 3.63) is 98.5 Å². The number of nitrogens with one attached hydrogen (secondary N) is 2. The highest BCUT2D eigenvalue weighted by molar-refractivity contribution is 9.10. The van der Waals surface area contributed by atoms with Crippen LogP contribution < -0.4 is 10.9 Å².